The predicted molar refractivity (Wildman–Crippen MR) is 89.1 cm³/mol. The van der Waals surface area contributed by atoms with Crippen LogP contribution in [0.15, 0.2) is 24.3 Å². The molecule has 0 saturated carbocycles. The number of ether oxygens (including phenoxy) is 1. The van der Waals surface area contributed by atoms with Gasteiger partial charge in [0.1, 0.15) is 0 Å². The Morgan fingerprint density at radius 3 is 2.52 bits per heavy atom. The van der Waals surface area contributed by atoms with Gasteiger partial charge < -0.3 is 14.7 Å². The minimum Gasteiger partial charge on any atom is -0.478 e. The van der Waals surface area contributed by atoms with E-state index in [2.05, 4.69) is 0 Å². The van der Waals surface area contributed by atoms with Crippen molar-refractivity contribution in [2.75, 3.05) is 24.7 Å². The fraction of sp³-hybridized carbons (Fsp3) is 0.529. The molecular weight excluding hydrogens is 314 g/mol. The molecule has 0 spiro atoms. The number of hydrogen-bond acceptors (Lipinski definition) is 4. The van der Waals surface area contributed by atoms with Crippen LogP contribution in [0, 0.1) is 0 Å². The summed E-state index contributed by atoms with van der Waals surface area (Å²) in [6.45, 7) is 1.41. The number of carbonyl (C=O) groups excluding carboxylic acids is 1. The second kappa shape index (κ2) is 7.36. The molecule has 2 aliphatic heterocycles. The first-order chi connectivity index (χ1) is 11.1. The van der Waals surface area contributed by atoms with E-state index in [0.717, 1.165) is 37.4 Å². The molecule has 1 aromatic rings. The van der Waals surface area contributed by atoms with E-state index < -0.39 is 5.97 Å². The number of carboxylic acids is 1. The lowest BCUT2D eigenvalue weighted by atomic mass is 10.1. The SMILES string of the molecule is O=C(O)c1ccc(C(=O)N(C[C@@H]2CCCO2)[C@@H]2CCSC2)cc1. The molecule has 0 radical (unpaired) electrons. The molecule has 5 nitrogen and oxygen atoms in total. The first-order valence-electron chi connectivity index (χ1n) is 7.99. The molecule has 2 heterocycles. The molecule has 2 atom stereocenters. The average molecular weight is 335 g/mol. The van der Waals surface area contributed by atoms with Crippen LogP contribution in [0.3, 0.4) is 0 Å². The van der Waals surface area contributed by atoms with E-state index in [1.165, 1.54) is 12.1 Å². The van der Waals surface area contributed by atoms with Crippen LogP contribution < -0.4 is 0 Å². The summed E-state index contributed by atoms with van der Waals surface area (Å²) in [5, 5.41) is 8.97. The van der Waals surface area contributed by atoms with Gasteiger partial charge in [-0.15, -0.1) is 0 Å². The molecule has 1 amide bonds. The molecule has 124 valence electrons. The zero-order valence-corrected chi connectivity index (χ0v) is 13.8. The molecule has 0 aliphatic carbocycles. The first-order valence-corrected chi connectivity index (χ1v) is 9.14. The maximum Gasteiger partial charge on any atom is 0.335 e. The third-order valence-electron chi connectivity index (χ3n) is 4.41. The predicted octanol–water partition coefficient (Wildman–Crippen LogP) is 2.51. The van der Waals surface area contributed by atoms with Crippen LogP contribution in [-0.4, -0.2) is 58.7 Å². The number of benzene rings is 1. The summed E-state index contributed by atoms with van der Waals surface area (Å²) in [5.74, 6) is 1.04. The van der Waals surface area contributed by atoms with Gasteiger partial charge in [-0.1, -0.05) is 0 Å². The minimum absolute atomic E-state index is 0.0232. The smallest absolute Gasteiger partial charge is 0.335 e. The Hall–Kier alpha value is -1.53. The van der Waals surface area contributed by atoms with E-state index in [9.17, 15) is 9.59 Å². The zero-order chi connectivity index (χ0) is 16.2. The average Bonchev–Trinajstić information content (AvgIpc) is 3.25. The number of aromatic carboxylic acids is 1. The van der Waals surface area contributed by atoms with Crippen LogP contribution in [0.4, 0.5) is 0 Å². The second-order valence-corrected chi connectivity index (χ2v) is 7.14. The van der Waals surface area contributed by atoms with Gasteiger partial charge in [0.15, 0.2) is 0 Å². The van der Waals surface area contributed by atoms with Gasteiger partial charge in [-0.05, 0) is 49.3 Å². The second-order valence-electron chi connectivity index (χ2n) is 5.99. The van der Waals surface area contributed by atoms with Crippen molar-refractivity contribution in [2.45, 2.75) is 31.4 Å². The van der Waals surface area contributed by atoms with Crippen molar-refractivity contribution in [1.29, 1.82) is 0 Å². The number of carbonyl (C=O) groups is 2. The molecule has 1 aromatic carbocycles. The van der Waals surface area contributed by atoms with Gasteiger partial charge in [-0.25, -0.2) is 4.79 Å². The van der Waals surface area contributed by atoms with Crippen LogP contribution in [0.5, 0.6) is 0 Å². The van der Waals surface area contributed by atoms with Crippen molar-refractivity contribution in [3.8, 4) is 0 Å². The fourth-order valence-electron chi connectivity index (χ4n) is 3.09. The number of thioether (sulfide) groups is 1. The van der Waals surface area contributed by atoms with Crippen LogP contribution >= 0.6 is 11.8 Å². The number of amides is 1. The van der Waals surface area contributed by atoms with Crippen molar-refractivity contribution in [3.05, 3.63) is 35.4 Å². The normalized spacial score (nSPS) is 23.8. The lowest BCUT2D eigenvalue weighted by Gasteiger charge is -2.31. The maximum absolute atomic E-state index is 12.9. The molecule has 2 saturated heterocycles. The highest BCUT2D eigenvalue weighted by atomic mass is 32.2. The third-order valence-corrected chi connectivity index (χ3v) is 5.56. The van der Waals surface area contributed by atoms with E-state index in [0.29, 0.717) is 12.1 Å². The molecule has 1 N–H and O–H groups in total. The monoisotopic (exact) mass is 335 g/mol. The topological polar surface area (TPSA) is 66.8 Å². The zero-order valence-electron chi connectivity index (χ0n) is 12.9. The molecular formula is C17H21NO4S. The molecule has 23 heavy (non-hydrogen) atoms. The highest BCUT2D eigenvalue weighted by Crippen LogP contribution is 2.26. The van der Waals surface area contributed by atoms with Crippen molar-refractivity contribution in [3.63, 3.8) is 0 Å². The minimum atomic E-state index is -0.979. The summed E-state index contributed by atoms with van der Waals surface area (Å²) < 4.78 is 5.70. The third kappa shape index (κ3) is 3.87. The Bertz CT molecular complexity index is 562. The fourth-order valence-corrected chi connectivity index (χ4v) is 4.32. The summed E-state index contributed by atoms with van der Waals surface area (Å²) in [5.41, 5.74) is 0.744. The van der Waals surface area contributed by atoms with E-state index in [1.807, 2.05) is 16.7 Å². The Labute approximate surface area is 140 Å². The highest BCUT2D eigenvalue weighted by molar-refractivity contribution is 7.99. The number of carboxylic acid groups (broad SMARTS) is 1. The maximum atomic E-state index is 12.9. The molecule has 0 aromatic heterocycles. The van der Waals surface area contributed by atoms with Gasteiger partial charge in [0.25, 0.3) is 5.91 Å². The largest absolute Gasteiger partial charge is 0.478 e. The van der Waals surface area contributed by atoms with Gasteiger partial charge in [-0.3, -0.25) is 4.79 Å². The van der Waals surface area contributed by atoms with Gasteiger partial charge in [-0.2, -0.15) is 11.8 Å². The van der Waals surface area contributed by atoms with Gasteiger partial charge in [0, 0.05) is 30.5 Å². The van der Waals surface area contributed by atoms with Gasteiger partial charge >= 0.3 is 5.97 Å². The van der Waals surface area contributed by atoms with E-state index >= 15 is 0 Å². The Morgan fingerprint density at radius 1 is 1.22 bits per heavy atom. The Kier molecular flexibility index (Phi) is 5.23. The van der Waals surface area contributed by atoms with E-state index in [4.69, 9.17) is 9.84 Å². The summed E-state index contributed by atoms with van der Waals surface area (Å²) in [4.78, 5) is 25.8. The van der Waals surface area contributed by atoms with Crippen LogP contribution in [-0.2, 0) is 4.74 Å². The number of nitrogens with zero attached hydrogens (tertiary/aromatic N) is 1. The Balaban J connectivity index is 1.76. The summed E-state index contributed by atoms with van der Waals surface area (Å²) in [6.07, 6.45) is 3.19. The van der Waals surface area contributed by atoms with Crippen LogP contribution in [0.1, 0.15) is 40.0 Å². The van der Waals surface area contributed by atoms with Crippen molar-refractivity contribution >= 4 is 23.6 Å². The van der Waals surface area contributed by atoms with Crippen LogP contribution in [0.25, 0.3) is 0 Å². The Morgan fingerprint density at radius 2 is 1.96 bits per heavy atom. The van der Waals surface area contributed by atoms with E-state index in [1.54, 1.807) is 12.1 Å². The van der Waals surface area contributed by atoms with Crippen LogP contribution in [0.2, 0.25) is 0 Å². The van der Waals surface area contributed by atoms with Gasteiger partial charge in [0.05, 0.1) is 11.7 Å². The van der Waals surface area contributed by atoms with Crippen molar-refractivity contribution in [1.82, 2.24) is 4.90 Å². The standard InChI is InChI=1S/C17H21NO4S/c19-16(12-3-5-13(6-4-12)17(20)21)18(14-7-9-23-11-14)10-15-2-1-8-22-15/h3-6,14-15H,1-2,7-11H2,(H,20,21)/t14-,15+/m1/s1. The van der Waals surface area contributed by atoms with Gasteiger partial charge in [0.2, 0.25) is 0 Å². The van der Waals surface area contributed by atoms with Crippen molar-refractivity contribution in [2.24, 2.45) is 0 Å². The summed E-state index contributed by atoms with van der Waals surface area (Å²) in [7, 11) is 0. The molecule has 6 heteroatoms. The van der Waals surface area contributed by atoms with Crippen molar-refractivity contribution < 1.29 is 19.4 Å². The summed E-state index contributed by atoms with van der Waals surface area (Å²) in [6, 6.07) is 6.44. The lowest BCUT2D eigenvalue weighted by Crippen LogP contribution is -2.44. The summed E-state index contributed by atoms with van der Waals surface area (Å²) >= 11 is 1.87. The number of hydrogen-bond donors (Lipinski definition) is 1. The molecule has 2 aliphatic rings. The number of rotatable bonds is 5. The molecule has 0 bridgehead atoms. The lowest BCUT2D eigenvalue weighted by molar-refractivity contribution is 0.0441. The highest BCUT2D eigenvalue weighted by Gasteiger charge is 2.31. The quantitative estimate of drug-likeness (QED) is 0.895. The molecule has 3 rings (SSSR count). The molecule has 2 fully saturated rings. The molecule has 0 unspecified atom stereocenters. The first kappa shape index (κ1) is 16.3. The van der Waals surface area contributed by atoms with E-state index in [-0.39, 0.29) is 23.6 Å².